The van der Waals surface area contributed by atoms with Gasteiger partial charge in [0.1, 0.15) is 5.75 Å². The predicted octanol–water partition coefficient (Wildman–Crippen LogP) is 4.83. The summed E-state index contributed by atoms with van der Waals surface area (Å²) in [5, 5.41) is 0. The highest BCUT2D eigenvalue weighted by molar-refractivity contribution is 7.58. The Kier molecular flexibility index (Phi) is 16.3. The Labute approximate surface area is 108 Å². The molecule has 0 atom stereocenters. The molecule has 17 heavy (non-hydrogen) atoms. The first kappa shape index (κ1) is 19.5. The van der Waals surface area contributed by atoms with Crippen LogP contribution >= 0.6 is 0 Å². The van der Waals surface area contributed by atoms with Crippen LogP contribution in [0.5, 0.6) is 0 Å². The first-order valence-corrected chi connectivity index (χ1v) is 7.14. The Morgan fingerprint density at radius 1 is 0.706 bits per heavy atom. The lowest BCUT2D eigenvalue weighted by molar-refractivity contribution is 0.368. The molecule has 0 aliphatic heterocycles. The Balaban J connectivity index is 0. The average molecular weight is 276 g/mol. The normalized spacial score (nSPS) is 10.9. The minimum absolute atomic E-state index is 1.18. The molecular weight excluding hydrogens is 251 g/mol. The summed E-state index contributed by atoms with van der Waals surface area (Å²) in [5.41, 5.74) is 0. The number of hydrogen-bond donors (Lipinski definition) is 0. The third-order valence-electron chi connectivity index (χ3n) is 2.28. The van der Waals surface area contributed by atoms with Crippen molar-refractivity contribution in [3.05, 3.63) is 0 Å². The molecular formula is C11H25BF4S. The topological polar surface area (TPSA) is 0 Å². The molecule has 0 heterocycles. The number of hydrogen-bond acceptors (Lipinski definition) is 0. The Morgan fingerprint density at radius 2 is 1.00 bits per heavy atom. The maximum atomic E-state index is 9.75. The van der Waals surface area contributed by atoms with Gasteiger partial charge in [-0.1, -0.05) is 51.9 Å². The van der Waals surface area contributed by atoms with Crippen molar-refractivity contribution in [1.29, 1.82) is 0 Å². The van der Waals surface area contributed by atoms with Crippen molar-refractivity contribution in [3.63, 3.8) is 0 Å². The Bertz CT molecular complexity index is 126. The fraction of sp³-hybridized carbons (Fsp3) is 1.00. The molecule has 0 N–H and O–H groups in total. The van der Waals surface area contributed by atoms with Crippen LogP contribution in [0.15, 0.2) is 0 Å². The third kappa shape index (κ3) is 38.6. The van der Waals surface area contributed by atoms with E-state index in [0.717, 1.165) is 0 Å². The first-order valence-electron chi connectivity index (χ1n) is 6.43. The molecule has 0 aromatic heterocycles. The SMILES string of the molecule is CCCCCCCCCCC[SH2+].F[B-](F)(F)F. The van der Waals surface area contributed by atoms with E-state index in [1.807, 2.05) is 0 Å². The molecule has 0 rings (SSSR count). The van der Waals surface area contributed by atoms with E-state index in [1.54, 1.807) is 0 Å². The van der Waals surface area contributed by atoms with Crippen molar-refractivity contribution in [3.8, 4) is 0 Å². The molecule has 0 aromatic carbocycles. The summed E-state index contributed by atoms with van der Waals surface area (Å²) in [6, 6.07) is 0. The first-order chi connectivity index (χ1) is 7.91. The summed E-state index contributed by atoms with van der Waals surface area (Å²) in [6.45, 7) is 2.27. The van der Waals surface area contributed by atoms with E-state index in [1.165, 1.54) is 63.5 Å². The van der Waals surface area contributed by atoms with Gasteiger partial charge in [-0.15, -0.1) is 0 Å². The van der Waals surface area contributed by atoms with Crippen LogP contribution in [0.25, 0.3) is 0 Å². The molecule has 0 aromatic rings. The molecule has 0 aliphatic carbocycles. The third-order valence-corrected chi connectivity index (χ3v) is 2.63. The fourth-order valence-electron chi connectivity index (χ4n) is 1.44. The summed E-state index contributed by atoms with van der Waals surface area (Å²) in [4.78, 5) is 0. The second kappa shape index (κ2) is 14.2. The molecule has 0 amide bonds. The average Bonchev–Trinajstić information content (AvgIpc) is 2.20. The van der Waals surface area contributed by atoms with Crippen LogP contribution in [-0.4, -0.2) is 13.0 Å². The van der Waals surface area contributed by atoms with Crippen molar-refractivity contribution in [1.82, 2.24) is 0 Å². The molecule has 0 bridgehead atoms. The zero-order chi connectivity index (χ0) is 13.6. The van der Waals surface area contributed by atoms with E-state index in [4.69, 9.17) is 0 Å². The van der Waals surface area contributed by atoms with Gasteiger partial charge in [-0.25, -0.2) is 0 Å². The fourth-order valence-corrected chi connectivity index (χ4v) is 1.69. The van der Waals surface area contributed by atoms with Gasteiger partial charge < -0.3 is 17.3 Å². The van der Waals surface area contributed by atoms with Crippen LogP contribution in [0.2, 0.25) is 0 Å². The molecule has 6 heteroatoms. The number of unbranched alkanes of at least 4 members (excludes halogenated alkanes) is 8. The zero-order valence-corrected chi connectivity index (χ0v) is 11.7. The van der Waals surface area contributed by atoms with E-state index in [2.05, 4.69) is 19.6 Å². The van der Waals surface area contributed by atoms with E-state index >= 15 is 0 Å². The monoisotopic (exact) mass is 276 g/mol. The van der Waals surface area contributed by atoms with Gasteiger partial charge in [-0.05, 0) is 25.5 Å². The lowest BCUT2D eigenvalue weighted by Crippen LogP contribution is -2.02. The quantitative estimate of drug-likeness (QED) is 0.245. The summed E-state index contributed by atoms with van der Waals surface area (Å²) in [6.07, 6.45) is 12.8. The second-order valence-corrected chi connectivity index (χ2v) is 4.57. The lowest BCUT2D eigenvalue weighted by Gasteiger charge is -1.99. The standard InChI is InChI=1S/C11H24S.BF4/c1-2-3-4-5-6-7-8-9-10-11-12;2-1(3,4)5/h12H,2-11H2,1H3;/q;-1/p+1. The van der Waals surface area contributed by atoms with Crippen LogP contribution in [0, 0.1) is 0 Å². The molecule has 0 unspecified atom stereocenters. The maximum absolute atomic E-state index is 9.75. The maximum Gasteiger partial charge on any atom is 0.673 e. The van der Waals surface area contributed by atoms with Gasteiger partial charge in [0.15, 0.2) is 0 Å². The molecule has 0 nitrogen and oxygen atoms in total. The molecule has 0 saturated heterocycles. The number of rotatable bonds is 9. The number of halogens is 4. The zero-order valence-electron chi connectivity index (χ0n) is 10.7. The smallest absolute Gasteiger partial charge is 0.418 e. The van der Waals surface area contributed by atoms with Gasteiger partial charge in [0.2, 0.25) is 0 Å². The Hall–Kier alpha value is 0.135. The van der Waals surface area contributed by atoms with Gasteiger partial charge in [0, 0.05) is 0 Å². The molecule has 0 spiro atoms. The molecule has 0 aliphatic rings. The van der Waals surface area contributed by atoms with Crippen molar-refractivity contribution >= 4 is 19.9 Å². The van der Waals surface area contributed by atoms with Crippen molar-refractivity contribution in [2.45, 2.75) is 64.7 Å². The summed E-state index contributed by atoms with van der Waals surface area (Å²) in [7, 11) is -6.00. The van der Waals surface area contributed by atoms with Crippen LogP contribution in [0.3, 0.4) is 0 Å². The Morgan fingerprint density at radius 3 is 1.29 bits per heavy atom. The van der Waals surface area contributed by atoms with Gasteiger partial charge in [-0.3, -0.25) is 0 Å². The van der Waals surface area contributed by atoms with Crippen molar-refractivity contribution in [2.75, 3.05) is 5.75 Å². The lowest BCUT2D eigenvalue weighted by atomic mass is 10.1. The van der Waals surface area contributed by atoms with E-state index < -0.39 is 7.25 Å². The minimum atomic E-state index is -6.00. The van der Waals surface area contributed by atoms with E-state index in [0.29, 0.717) is 0 Å². The van der Waals surface area contributed by atoms with Gasteiger partial charge in [-0.2, -0.15) is 0 Å². The molecule has 0 radical (unpaired) electrons. The van der Waals surface area contributed by atoms with E-state index in [-0.39, 0.29) is 0 Å². The van der Waals surface area contributed by atoms with Crippen molar-refractivity contribution < 1.29 is 17.3 Å². The van der Waals surface area contributed by atoms with Gasteiger partial charge in [0.25, 0.3) is 0 Å². The molecule has 106 valence electrons. The predicted molar refractivity (Wildman–Crippen MR) is 72.4 cm³/mol. The largest absolute Gasteiger partial charge is 0.673 e. The second-order valence-electron chi connectivity index (χ2n) is 4.07. The highest BCUT2D eigenvalue weighted by Crippen LogP contribution is 2.09. The van der Waals surface area contributed by atoms with Gasteiger partial charge in [0.05, 0.1) is 0 Å². The van der Waals surface area contributed by atoms with Gasteiger partial charge >= 0.3 is 7.25 Å². The summed E-state index contributed by atoms with van der Waals surface area (Å²) < 4.78 is 39.0. The van der Waals surface area contributed by atoms with Crippen molar-refractivity contribution in [2.24, 2.45) is 0 Å². The highest BCUT2D eigenvalue weighted by Gasteiger charge is 2.20. The summed E-state index contributed by atoms with van der Waals surface area (Å²) >= 11 is 3.50. The molecule has 0 saturated carbocycles. The molecule has 0 fully saturated rings. The van der Waals surface area contributed by atoms with Crippen LogP contribution in [0.1, 0.15) is 64.7 Å². The van der Waals surface area contributed by atoms with Crippen LogP contribution < -0.4 is 0 Å². The minimum Gasteiger partial charge on any atom is -0.418 e. The summed E-state index contributed by atoms with van der Waals surface area (Å²) in [5.74, 6) is 1.18. The van der Waals surface area contributed by atoms with Crippen LogP contribution in [0.4, 0.5) is 17.3 Å². The van der Waals surface area contributed by atoms with E-state index in [9.17, 15) is 17.3 Å². The highest BCUT2D eigenvalue weighted by atomic mass is 32.1. The van der Waals surface area contributed by atoms with Crippen LogP contribution in [-0.2, 0) is 12.6 Å².